The predicted octanol–water partition coefficient (Wildman–Crippen LogP) is 27.1. The van der Waals surface area contributed by atoms with Crippen LogP contribution in [-0.4, -0.2) is 142 Å². The molecule has 1 atom stereocenters. The Morgan fingerprint density at radius 2 is 0.523 bits per heavy atom. The van der Waals surface area contributed by atoms with Gasteiger partial charge in [-0.25, -0.2) is 16.8 Å². The number of hydrogen-bond donors (Lipinski definition) is 4. The molecule has 30 nitrogen and oxygen atoms in total. The molecule has 0 aliphatic heterocycles. The van der Waals surface area contributed by atoms with E-state index in [9.17, 15) is 60.3 Å². The minimum Gasteiger partial charge on any atom is -0.662 e. The van der Waals surface area contributed by atoms with Crippen LogP contribution >= 0.6 is 21.4 Å². The van der Waals surface area contributed by atoms with Crippen LogP contribution in [-0.2, 0) is 76.1 Å². The fraction of sp³-hybridized carbons (Fsp3) is 0.600. The summed E-state index contributed by atoms with van der Waals surface area (Å²) < 4.78 is 236. The Hall–Kier alpha value is -6.72. The standard InChI is InChI=1S/C20H26O10S2.C16H16Cl2O8S2.C16H18O10S2.C8H18N.3C8H18.6CH4.H3N/c1-7-28-31(21,22)19-9-13(3)14(25-4)10-17(19)30-18-11-15(26-5)16(27-6)12-20(18)32(23,24)29-8-2;1-9-5-15(27(17,19)20)13(6-10(9)23-2)26-14-7-11(24-3)12(25-4)8-16(14)28(18,21)22;1-9-5-15(27(17,18)19)13(6-10(9)23-2)26-14-7-11(24-3)12(25-4)8-16(14)28(20,21)22;1-3-5-7-9-8-6-4-2;3*1-3-5-7-8-6-4-2;;;;;;;/h9-12H,7-8H2,1-6H3;5-8H,1-4H3;5-8H,1-4H3,(H2-2,17,18,19,20,21,22);3-8H2,1-2H3;3*3-8H2,1-2H3;6*1H4;1H3/q;;;-1;;;;;;;;;;/p+1. The highest BCUT2D eigenvalue weighted by Crippen LogP contribution is 2.47. The number of methoxy groups -OCH3 is 9. The van der Waals surface area contributed by atoms with Gasteiger partial charge in [-0.15, -0.1) is 13.1 Å². The van der Waals surface area contributed by atoms with E-state index in [1.54, 1.807) is 20.8 Å². The van der Waals surface area contributed by atoms with E-state index in [0.717, 1.165) is 37.4 Å². The fourth-order valence-electron chi connectivity index (χ4n) is 10.8. The highest BCUT2D eigenvalue weighted by molar-refractivity contribution is 8.14. The number of halogens is 2. The van der Waals surface area contributed by atoms with Crippen molar-refractivity contribution in [2.24, 2.45) is 0 Å². The van der Waals surface area contributed by atoms with E-state index in [0.29, 0.717) is 28.2 Å². The molecule has 6 N–H and O–H groups in total. The van der Waals surface area contributed by atoms with Crippen LogP contribution in [0.3, 0.4) is 0 Å². The number of unbranched alkanes of at least 4 members (excludes halogenated alkanes) is 17. The van der Waals surface area contributed by atoms with Crippen LogP contribution in [0.4, 0.5) is 0 Å². The summed E-state index contributed by atoms with van der Waals surface area (Å²) in [4.78, 5) is -2.70. The molecular formula is C90H160Cl2N2O28S6. The highest BCUT2D eigenvalue weighted by Gasteiger charge is 2.37. The maximum absolute atomic E-state index is 12.7. The van der Waals surface area contributed by atoms with Gasteiger partial charge >= 0.3 is 30.7 Å². The normalized spacial score (nSPS) is 11.0. The third kappa shape index (κ3) is 49.1. The fourth-order valence-corrected chi connectivity index (χ4v) is 16.2. The van der Waals surface area contributed by atoms with Gasteiger partial charge in [-0.05, 0) is 67.7 Å². The molecule has 0 aromatic heterocycles. The lowest BCUT2D eigenvalue weighted by Crippen LogP contribution is -2.12. The molecule has 6 rings (SSSR count). The Bertz CT molecular complexity index is 4560. The van der Waals surface area contributed by atoms with Crippen molar-refractivity contribution in [2.75, 3.05) is 90.3 Å². The van der Waals surface area contributed by atoms with Gasteiger partial charge < -0.3 is 72.9 Å². The van der Waals surface area contributed by atoms with Crippen molar-refractivity contribution < 1.29 is 126 Å². The lowest BCUT2D eigenvalue weighted by Gasteiger charge is -2.18. The molecule has 0 aliphatic rings. The highest BCUT2D eigenvalue weighted by atomic mass is 35.7. The summed E-state index contributed by atoms with van der Waals surface area (Å²) in [6, 6.07) is 14.3. The molecule has 0 aliphatic carbocycles. The smallest absolute Gasteiger partial charge is 0.390 e. The van der Waals surface area contributed by atoms with E-state index < -0.39 is 85.5 Å². The SMILES string of the molecule is C.C.C.C.C.C.CCCCCCCC.CCCCCCCC.CCCCCCCC.CCCC[N-]CCCC.CCOS(=O)(=O)c1cc(C)c(OC)cc1Oc1cc(OC)c(OC)cc1S(=O)(=O)OCC.COc1cc(Oc2cc(OC)c(OC)cc2S(=O)(=O)Cl)c(S(=O)(=O)Cl)cc1C.COc1cc(Oc2cc(OC)c(OC)cc2[S+](=O)(O)O)c([S+](=O)([O-])O)cc1C.N. The number of aryl methyl sites for hydroxylation is 3. The molecule has 0 fully saturated rings. The average molecular weight is 1980 g/mol. The largest absolute Gasteiger partial charge is 0.662 e. The molecule has 38 heteroatoms. The van der Waals surface area contributed by atoms with Crippen molar-refractivity contribution in [1.29, 1.82) is 0 Å². The van der Waals surface area contributed by atoms with Gasteiger partial charge in [-0.2, -0.15) is 30.5 Å². The minimum absolute atomic E-state index is 0. The second kappa shape index (κ2) is 71.9. The first-order chi connectivity index (χ1) is 57.0. The first-order valence-electron chi connectivity index (χ1n) is 40.2. The first kappa shape index (κ1) is 137. The number of rotatable bonds is 46. The zero-order chi connectivity index (χ0) is 92.3. The summed E-state index contributed by atoms with van der Waals surface area (Å²) in [5, 5.41) is 4.35. The summed E-state index contributed by atoms with van der Waals surface area (Å²) in [6.45, 7) is 27.7. The molecule has 0 heterocycles. The zero-order valence-corrected chi connectivity index (χ0v) is 81.6. The van der Waals surface area contributed by atoms with Gasteiger partial charge in [0.05, 0.1) is 77.2 Å². The van der Waals surface area contributed by atoms with Crippen molar-refractivity contribution in [3.63, 3.8) is 0 Å². The number of nitrogens with zero attached hydrogens (tertiary/aromatic N) is 1. The Morgan fingerprint density at radius 1 is 0.305 bits per heavy atom. The van der Waals surface area contributed by atoms with Gasteiger partial charge in [0, 0.05) is 82.0 Å². The second-order valence-corrected chi connectivity index (χ2v) is 37.8. The van der Waals surface area contributed by atoms with E-state index in [1.807, 2.05) is 0 Å². The summed E-state index contributed by atoms with van der Waals surface area (Å²) in [5.74, 6) is -0.342. The Morgan fingerprint density at radius 3 is 0.797 bits per heavy atom. The van der Waals surface area contributed by atoms with E-state index in [-0.39, 0.29) is 142 Å². The third-order valence-corrected chi connectivity index (χ3v) is 24.5. The van der Waals surface area contributed by atoms with Gasteiger partial charge in [0.25, 0.3) is 23.0 Å². The van der Waals surface area contributed by atoms with Crippen molar-refractivity contribution in [3.8, 4) is 86.2 Å². The summed E-state index contributed by atoms with van der Waals surface area (Å²) in [6.07, 6.45) is 30.5. The van der Waals surface area contributed by atoms with Crippen molar-refractivity contribution in [1.82, 2.24) is 6.15 Å². The molecule has 0 amide bonds. The van der Waals surface area contributed by atoms with Gasteiger partial charge in [-0.3, -0.25) is 8.37 Å². The van der Waals surface area contributed by atoms with Crippen molar-refractivity contribution in [2.45, 2.75) is 305 Å². The third-order valence-electron chi connectivity index (χ3n) is 17.3. The summed E-state index contributed by atoms with van der Waals surface area (Å²) in [5.41, 5.74) is 1.38. The molecule has 1 unspecified atom stereocenters. The van der Waals surface area contributed by atoms with Crippen LogP contribution in [0, 0.1) is 20.8 Å². The van der Waals surface area contributed by atoms with E-state index in [4.69, 9.17) is 86.6 Å². The van der Waals surface area contributed by atoms with Gasteiger partial charge in [0.15, 0.2) is 69.0 Å². The first-order valence-corrected chi connectivity index (χ1v) is 50.5. The molecule has 0 saturated heterocycles. The monoisotopic (exact) mass is 1980 g/mol. The van der Waals surface area contributed by atoms with Gasteiger partial charge in [0.2, 0.25) is 15.4 Å². The number of benzene rings is 6. The molecule has 6 aromatic rings. The lowest BCUT2D eigenvalue weighted by atomic mass is 10.1. The van der Waals surface area contributed by atoms with Crippen molar-refractivity contribution >= 4 is 80.7 Å². The maximum atomic E-state index is 12.7. The quantitative estimate of drug-likeness (QED) is 0.0119. The van der Waals surface area contributed by atoms with Crippen LogP contribution in [0.1, 0.15) is 272 Å². The Balaban J connectivity index is -0.000000233. The van der Waals surface area contributed by atoms with Crippen LogP contribution < -0.4 is 63.0 Å². The van der Waals surface area contributed by atoms with Crippen LogP contribution in [0.25, 0.3) is 5.32 Å². The van der Waals surface area contributed by atoms with Crippen LogP contribution in [0.2, 0.25) is 0 Å². The molecule has 128 heavy (non-hydrogen) atoms. The molecule has 0 bridgehead atoms. The Kier molecular flexibility index (Phi) is 76.8. The van der Waals surface area contributed by atoms with E-state index in [1.165, 1.54) is 268 Å². The summed E-state index contributed by atoms with van der Waals surface area (Å²) in [7, 11) is -3.20. The van der Waals surface area contributed by atoms with Gasteiger partial charge in [-0.1, -0.05) is 245 Å². The average Bonchev–Trinajstić information content (AvgIpc) is 0.781. The lowest BCUT2D eigenvalue weighted by molar-refractivity contribution is 0.328. The van der Waals surface area contributed by atoms with E-state index in [2.05, 4.69) is 60.7 Å². The topological polar surface area (TPSA) is 433 Å². The molecular weight excluding hydrogens is 1820 g/mol. The molecule has 0 saturated carbocycles. The number of ether oxygens (including phenoxy) is 12. The summed E-state index contributed by atoms with van der Waals surface area (Å²) >= 11 is 0. The minimum atomic E-state index is -4.71. The Labute approximate surface area is 783 Å². The van der Waals surface area contributed by atoms with E-state index >= 15 is 0 Å². The van der Waals surface area contributed by atoms with Gasteiger partial charge in [0.1, 0.15) is 36.8 Å². The predicted molar refractivity (Wildman–Crippen MR) is 523 cm³/mol. The zero-order valence-electron chi connectivity index (χ0n) is 75.2. The number of hydrogen-bond acceptors (Lipinski definition) is 26. The molecule has 748 valence electrons. The maximum Gasteiger partial charge on any atom is 0.390 e. The molecule has 0 spiro atoms. The van der Waals surface area contributed by atoms with Crippen molar-refractivity contribution in [3.05, 3.63) is 94.8 Å². The van der Waals surface area contributed by atoms with Crippen LogP contribution in [0.15, 0.2) is 102 Å². The second-order valence-electron chi connectivity index (χ2n) is 26.8. The molecule has 0 radical (unpaired) electrons. The molecule has 6 aromatic carbocycles. The van der Waals surface area contributed by atoms with Crippen LogP contribution in [0.5, 0.6) is 86.2 Å².